The second kappa shape index (κ2) is 7.78. The zero-order valence-electron chi connectivity index (χ0n) is 13.7. The number of hydrogen-bond acceptors (Lipinski definition) is 3. The number of benzene rings is 2. The van der Waals surface area contributed by atoms with Crippen molar-refractivity contribution in [2.24, 2.45) is 0 Å². The van der Waals surface area contributed by atoms with E-state index in [1.54, 1.807) is 6.07 Å². The molecule has 1 fully saturated rings. The lowest BCUT2D eigenvalue weighted by Gasteiger charge is -2.13. The van der Waals surface area contributed by atoms with E-state index in [9.17, 15) is 13.2 Å². The minimum Gasteiger partial charge on any atom is -0.491 e. The summed E-state index contributed by atoms with van der Waals surface area (Å²) in [5.74, 6) is 0.762. The molecule has 1 heterocycles. The molecule has 3 nitrogen and oxygen atoms in total. The molecule has 0 amide bonds. The SMILES string of the molecule is FC(F)(F)c1cccc(NCc2ccc(OCC3CCCO3)cc2)c1. The fraction of sp³-hybridized carbons (Fsp3) is 0.368. The normalized spacial score (nSPS) is 17.5. The van der Waals surface area contributed by atoms with Crippen molar-refractivity contribution in [3.8, 4) is 5.75 Å². The number of nitrogens with one attached hydrogen (secondary N) is 1. The molecule has 2 aromatic carbocycles. The number of halogens is 3. The van der Waals surface area contributed by atoms with Gasteiger partial charge >= 0.3 is 6.18 Å². The first kappa shape index (κ1) is 17.6. The lowest BCUT2D eigenvalue weighted by Crippen LogP contribution is -2.16. The molecule has 0 aliphatic carbocycles. The summed E-state index contributed by atoms with van der Waals surface area (Å²) in [6, 6.07) is 12.7. The molecule has 6 heteroatoms. The smallest absolute Gasteiger partial charge is 0.416 e. The fourth-order valence-electron chi connectivity index (χ4n) is 2.68. The third-order valence-corrected chi connectivity index (χ3v) is 4.07. The number of rotatable bonds is 6. The van der Waals surface area contributed by atoms with Gasteiger partial charge < -0.3 is 14.8 Å². The Labute approximate surface area is 144 Å². The van der Waals surface area contributed by atoms with Crippen molar-refractivity contribution in [1.29, 1.82) is 0 Å². The molecule has 1 saturated heterocycles. The molecule has 1 aliphatic rings. The molecule has 0 aromatic heterocycles. The second-order valence-corrected chi connectivity index (χ2v) is 6.02. The molecular formula is C19H20F3NO2. The van der Waals surface area contributed by atoms with Crippen LogP contribution in [0.3, 0.4) is 0 Å². The second-order valence-electron chi connectivity index (χ2n) is 6.02. The van der Waals surface area contributed by atoms with Crippen molar-refractivity contribution in [2.45, 2.75) is 31.7 Å². The van der Waals surface area contributed by atoms with Crippen LogP contribution in [0.5, 0.6) is 5.75 Å². The molecule has 1 aliphatic heterocycles. The summed E-state index contributed by atoms with van der Waals surface area (Å²) in [6.45, 7) is 1.78. The van der Waals surface area contributed by atoms with Crippen LogP contribution in [-0.2, 0) is 17.5 Å². The minimum atomic E-state index is -4.33. The highest BCUT2D eigenvalue weighted by atomic mass is 19.4. The molecule has 0 bridgehead atoms. The van der Waals surface area contributed by atoms with Gasteiger partial charge in [0.25, 0.3) is 0 Å². The van der Waals surface area contributed by atoms with Gasteiger partial charge in [-0.1, -0.05) is 18.2 Å². The monoisotopic (exact) mass is 351 g/mol. The maximum absolute atomic E-state index is 12.7. The van der Waals surface area contributed by atoms with Crippen LogP contribution in [-0.4, -0.2) is 19.3 Å². The lowest BCUT2D eigenvalue weighted by atomic mass is 10.1. The van der Waals surface area contributed by atoms with E-state index in [0.29, 0.717) is 18.8 Å². The van der Waals surface area contributed by atoms with Crippen LogP contribution in [0.4, 0.5) is 18.9 Å². The summed E-state index contributed by atoms with van der Waals surface area (Å²) < 4.78 is 49.3. The molecular weight excluding hydrogens is 331 g/mol. The van der Waals surface area contributed by atoms with Crippen molar-refractivity contribution in [1.82, 2.24) is 0 Å². The number of anilines is 1. The van der Waals surface area contributed by atoms with E-state index in [2.05, 4.69) is 5.32 Å². The van der Waals surface area contributed by atoms with Crippen LogP contribution >= 0.6 is 0 Å². The molecule has 0 saturated carbocycles. The molecule has 0 radical (unpaired) electrons. The van der Waals surface area contributed by atoms with Crippen molar-refractivity contribution < 1.29 is 22.6 Å². The fourth-order valence-corrected chi connectivity index (χ4v) is 2.68. The van der Waals surface area contributed by atoms with Crippen LogP contribution in [0.25, 0.3) is 0 Å². The highest BCUT2D eigenvalue weighted by Gasteiger charge is 2.30. The predicted molar refractivity (Wildman–Crippen MR) is 89.7 cm³/mol. The molecule has 134 valence electrons. The van der Waals surface area contributed by atoms with Crippen LogP contribution in [0, 0.1) is 0 Å². The Morgan fingerprint density at radius 3 is 2.60 bits per heavy atom. The molecule has 3 rings (SSSR count). The summed E-state index contributed by atoms with van der Waals surface area (Å²) in [4.78, 5) is 0. The van der Waals surface area contributed by atoms with Crippen LogP contribution < -0.4 is 10.1 Å². The Bertz CT molecular complexity index is 680. The maximum atomic E-state index is 12.7. The van der Waals surface area contributed by atoms with E-state index in [1.807, 2.05) is 24.3 Å². The van der Waals surface area contributed by atoms with Gasteiger partial charge in [0.2, 0.25) is 0 Å². The van der Waals surface area contributed by atoms with Gasteiger partial charge in [0.1, 0.15) is 12.4 Å². The van der Waals surface area contributed by atoms with E-state index in [4.69, 9.17) is 9.47 Å². The average Bonchev–Trinajstić information content (AvgIpc) is 3.12. The highest BCUT2D eigenvalue weighted by Crippen LogP contribution is 2.30. The standard InChI is InChI=1S/C19H20F3NO2/c20-19(21,22)15-3-1-4-16(11-15)23-12-14-6-8-17(9-7-14)25-13-18-5-2-10-24-18/h1,3-4,6-9,11,18,23H,2,5,10,12-13H2. The van der Waals surface area contributed by atoms with Gasteiger partial charge in [0.15, 0.2) is 0 Å². The van der Waals surface area contributed by atoms with E-state index < -0.39 is 11.7 Å². The van der Waals surface area contributed by atoms with E-state index in [0.717, 1.165) is 42.9 Å². The summed E-state index contributed by atoms with van der Waals surface area (Å²) >= 11 is 0. The molecule has 1 unspecified atom stereocenters. The molecule has 1 atom stereocenters. The van der Waals surface area contributed by atoms with Gasteiger partial charge in [0, 0.05) is 18.8 Å². The number of alkyl halides is 3. The van der Waals surface area contributed by atoms with E-state index in [1.165, 1.54) is 6.07 Å². The maximum Gasteiger partial charge on any atom is 0.416 e. The zero-order valence-corrected chi connectivity index (χ0v) is 13.7. The summed E-state index contributed by atoms with van der Waals surface area (Å²) in [7, 11) is 0. The zero-order chi connectivity index (χ0) is 17.7. The lowest BCUT2D eigenvalue weighted by molar-refractivity contribution is -0.137. The Kier molecular flexibility index (Phi) is 5.48. The van der Waals surface area contributed by atoms with Gasteiger partial charge in [-0.15, -0.1) is 0 Å². The Balaban J connectivity index is 1.51. The van der Waals surface area contributed by atoms with Crippen LogP contribution in [0.2, 0.25) is 0 Å². The Hall–Kier alpha value is -2.21. The van der Waals surface area contributed by atoms with Gasteiger partial charge in [-0.2, -0.15) is 13.2 Å². The van der Waals surface area contributed by atoms with E-state index in [-0.39, 0.29) is 6.10 Å². The summed E-state index contributed by atoms with van der Waals surface area (Å²) in [5.41, 5.74) is 0.741. The first-order valence-electron chi connectivity index (χ1n) is 8.25. The van der Waals surface area contributed by atoms with Crippen molar-refractivity contribution in [3.05, 3.63) is 59.7 Å². The topological polar surface area (TPSA) is 30.5 Å². The van der Waals surface area contributed by atoms with Gasteiger partial charge in [-0.3, -0.25) is 0 Å². The predicted octanol–water partition coefficient (Wildman–Crippen LogP) is 4.88. The number of hydrogen-bond donors (Lipinski definition) is 1. The first-order valence-corrected chi connectivity index (χ1v) is 8.25. The van der Waals surface area contributed by atoms with Crippen molar-refractivity contribution in [2.75, 3.05) is 18.5 Å². The van der Waals surface area contributed by atoms with Crippen molar-refractivity contribution >= 4 is 5.69 Å². The summed E-state index contributed by atoms with van der Waals surface area (Å²) in [6.07, 6.45) is -2.06. The highest BCUT2D eigenvalue weighted by molar-refractivity contribution is 5.47. The molecule has 1 N–H and O–H groups in total. The van der Waals surface area contributed by atoms with Gasteiger partial charge in [0.05, 0.1) is 11.7 Å². The molecule has 25 heavy (non-hydrogen) atoms. The first-order chi connectivity index (χ1) is 12.0. The summed E-state index contributed by atoms with van der Waals surface area (Å²) in [5, 5.41) is 3.01. The molecule has 2 aromatic rings. The largest absolute Gasteiger partial charge is 0.491 e. The third-order valence-electron chi connectivity index (χ3n) is 4.07. The minimum absolute atomic E-state index is 0.169. The third kappa shape index (κ3) is 5.13. The van der Waals surface area contributed by atoms with Crippen LogP contribution in [0.15, 0.2) is 48.5 Å². The van der Waals surface area contributed by atoms with E-state index >= 15 is 0 Å². The van der Waals surface area contributed by atoms with Crippen LogP contribution in [0.1, 0.15) is 24.0 Å². The average molecular weight is 351 g/mol. The Morgan fingerprint density at radius 2 is 1.92 bits per heavy atom. The number of ether oxygens (including phenoxy) is 2. The van der Waals surface area contributed by atoms with Gasteiger partial charge in [-0.25, -0.2) is 0 Å². The quantitative estimate of drug-likeness (QED) is 0.805. The van der Waals surface area contributed by atoms with Crippen molar-refractivity contribution in [3.63, 3.8) is 0 Å². The van der Waals surface area contributed by atoms with Gasteiger partial charge in [-0.05, 0) is 48.7 Å². The molecule has 0 spiro atoms. The Morgan fingerprint density at radius 1 is 1.12 bits per heavy atom.